The second kappa shape index (κ2) is 8.81. The number of carbonyl (C=O) groups is 2. The molecule has 2 heterocycles. The molecule has 4 fully saturated rings. The molecular formula is C28H34F2O5S2. The summed E-state index contributed by atoms with van der Waals surface area (Å²) in [4.78, 5) is 26.8. The highest BCUT2D eigenvalue weighted by atomic mass is 32.2. The first kappa shape index (κ1) is 27.2. The van der Waals surface area contributed by atoms with E-state index in [1.165, 1.54) is 23.5 Å². The second-order valence-electron chi connectivity index (χ2n) is 11.5. The highest BCUT2D eigenvalue weighted by Crippen LogP contribution is 2.74. The van der Waals surface area contributed by atoms with Gasteiger partial charge in [0.2, 0.25) is 5.12 Å². The molecule has 0 bridgehead atoms. The van der Waals surface area contributed by atoms with Gasteiger partial charge in [0, 0.05) is 16.7 Å². The van der Waals surface area contributed by atoms with Crippen LogP contribution in [0, 0.1) is 28.6 Å². The van der Waals surface area contributed by atoms with Crippen molar-refractivity contribution in [1.29, 1.82) is 0 Å². The van der Waals surface area contributed by atoms with Crippen LogP contribution in [-0.4, -0.2) is 46.2 Å². The summed E-state index contributed by atoms with van der Waals surface area (Å²) in [6.07, 6.45) is 4.91. The van der Waals surface area contributed by atoms with E-state index in [0.29, 0.717) is 19.3 Å². The zero-order valence-corrected chi connectivity index (χ0v) is 23.1. The number of alkyl halides is 2. The average molecular weight is 553 g/mol. The first-order valence-electron chi connectivity index (χ1n) is 12.8. The number of fused-ring (bicyclic) bond motifs is 7. The minimum absolute atomic E-state index is 0. The Morgan fingerprint density at radius 2 is 2.03 bits per heavy atom. The summed E-state index contributed by atoms with van der Waals surface area (Å²) in [5.41, 5.74) is -4.62. The first-order chi connectivity index (χ1) is 17.1. The summed E-state index contributed by atoms with van der Waals surface area (Å²) in [5, 5.41) is 1.85. The number of ether oxygens (including phenoxy) is 2. The van der Waals surface area contributed by atoms with Gasteiger partial charge in [-0.3, -0.25) is 9.59 Å². The lowest BCUT2D eigenvalue weighted by molar-refractivity contribution is -0.216. The number of thiophene rings is 1. The molecule has 37 heavy (non-hydrogen) atoms. The van der Waals surface area contributed by atoms with Crippen LogP contribution in [0.2, 0.25) is 0 Å². The largest absolute Gasteiger partial charge is 0.412 e. The molecule has 0 radical (unpaired) electrons. The maximum absolute atomic E-state index is 17.9. The van der Waals surface area contributed by atoms with Gasteiger partial charge < -0.3 is 14.9 Å². The van der Waals surface area contributed by atoms with Crippen molar-refractivity contribution in [2.24, 2.45) is 28.6 Å². The van der Waals surface area contributed by atoms with Crippen LogP contribution in [0.4, 0.5) is 8.78 Å². The van der Waals surface area contributed by atoms with Crippen LogP contribution < -0.4 is 0 Å². The van der Waals surface area contributed by atoms with Crippen LogP contribution >= 0.6 is 23.1 Å². The van der Waals surface area contributed by atoms with Gasteiger partial charge in [0.25, 0.3) is 0 Å². The molecule has 4 aliphatic carbocycles. The summed E-state index contributed by atoms with van der Waals surface area (Å²) >= 11 is 2.65. The Morgan fingerprint density at radius 3 is 2.68 bits per heavy atom. The molecule has 6 rings (SSSR count). The Bertz CT molecular complexity index is 1170. The Labute approximate surface area is 224 Å². The fourth-order valence-electron chi connectivity index (χ4n) is 8.69. The standard InChI is InChI=1S/C28H32F2O4S2.H2O/c1-5-15-14-26(3)17(18-12-20(29)19-11-16(31)8-9-25(19,2)27(15,18)30)13-22-28(26,24(32)35-4)34-23(33-22)21-7-6-10-36-21;/h6-11,15,17-18,20,22-23H,5,12-14H2,1-4H3;1H2/t15-,17-,18-,20-,22+,23-,25-,26-,27+,28-;/m0./s1. The Morgan fingerprint density at radius 1 is 1.27 bits per heavy atom. The lowest BCUT2D eigenvalue weighted by atomic mass is 9.42. The number of halogens is 2. The molecule has 1 aromatic rings. The van der Waals surface area contributed by atoms with Crippen LogP contribution in [0.3, 0.4) is 0 Å². The molecule has 202 valence electrons. The van der Waals surface area contributed by atoms with E-state index in [-0.39, 0.29) is 34.3 Å². The minimum Gasteiger partial charge on any atom is -0.412 e. The third-order valence-corrected chi connectivity index (χ3v) is 11.9. The molecule has 0 spiro atoms. The van der Waals surface area contributed by atoms with Crippen LogP contribution in [-0.2, 0) is 19.1 Å². The zero-order valence-electron chi connectivity index (χ0n) is 21.5. The smallest absolute Gasteiger partial charge is 0.223 e. The van der Waals surface area contributed by atoms with Crippen molar-refractivity contribution >= 4 is 34.0 Å². The molecule has 0 amide bonds. The maximum Gasteiger partial charge on any atom is 0.223 e. The number of hydrogen-bond donors (Lipinski definition) is 0. The van der Waals surface area contributed by atoms with Crippen molar-refractivity contribution in [3.05, 3.63) is 46.2 Å². The highest BCUT2D eigenvalue weighted by molar-refractivity contribution is 8.13. The number of hydrogen-bond acceptors (Lipinski definition) is 6. The van der Waals surface area contributed by atoms with Gasteiger partial charge in [0.15, 0.2) is 17.7 Å². The van der Waals surface area contributed by atoms with E-state index >= 15 is 8.78 Å². The van der Waals surface area contributed by atoms with Crippen molar-refractivity contribution in [2.75, 3.05) is 6.26 Å². The predicted octanol–water partition coefficient (Wildman–Crippen LogP) is 5.56. The number of carbonyl (C=O) groups excluding carboxylic acids is 2. The van der Waals surface area contributed by atoms with E-state index in [1.54, 1.807) is 19.3 Å². The van der Waals surface area contributed by atoms with Gasteiger partial charge in [-0.1, -0.05) is 44.2 Å². The molecule has 1 saturated heterocycles. The third-order valence-electron chi connectivity index (χ3n) is 10.3. The normalized spacial score (nSPS) is 47.8. The van der Waals surface area contributed by atoms with E-state index in [9.17, 15) is 9.59 Å². The number of rotatable bonds is 3. The molecular weight excluding hydrogens is 518 g/mol. The first-order valence-corrected chi connectivity index (χ1v) is 14.9. The average Bonchev–Trinajstić information content (AvgIpc) is 3.56. The van der Waals surface area contributed by atoms with Crippen LogP contribution in [0.15, 0.2) is 41.3 Å². The van der Waals surface area contributed by atoms with Gasteiger partial charge in [0.05, 0.1) is 11.0 Å². The molecule has 5 aliphatic rings. The van der Waals surface area contributed by atoms with Gasteiger partial charge >= 0.3 is 0 Å². The van der Waals surface area contributed by atoms with Crippen LogP contribution in [0.5, 0.6) is 0 Å². The molecule has 10 atom stereocenters. The molecule has 0 aromatic carbocycles. The quantitative estimate of drug-likeness (QED) is 0.490. The van der Waals surface area contributed by atoms with E-state index in [4.69, 9.17) is 9.47 Å². The Balaban J connectivity index is 0.00000280. The lowest BCUT2D eigenvalue weighted by Gasteiger charge is -2.64. The molecule has 9 heteroatoms. The highest BCUT2D eigenvalue weighted by Gasteiger charge is 2.79. The second-order valence-corrected chi connectivity index (χ2v) is 13.3. The maximum atomic E-state index is 17.9. The Kier molecular flexibility index (Phi) is 6.47. The summed E-state index contributed by atoms with van der Waals surface area (Å²) in [7, 11) is 0. The molecule has 1 aromatic heterocycles. The fourth-order valence-corrected chi connectivity index (χ4v) is 10.1. The van der Waals surface area contributed by atoms with Gasteiger partial charge in [0.1, 0.15) is 11.8 Å². The fraction of sp³-hybridized carbons (Fsp3) is 0.643. The number of allylic oxidation sites excluding steroid dienone is 4. The molecule has 1 aliphatic heterocycles. The van der Waals surface area contributed by atoms with Crippen molar-refractivity contribution in [1.82, 2.24) is 0 Å². The van der Waals surface area contributed by atoms with Crippen LogP contribution in [0.25, 0.3) is 0 Å². The summed E-state index contributed by atoms with van der Waals surface area (Å²) in [6, 6.07) is 3.87. The van der Waals surface area contributed by atoms with E-state index in [0.717, 1.165) is 16.6 Å². The van der Waals surface area contributed by atoms with Gasteiger partial charge in [-0.05, 0) is 73.4 Å². The van der Waals surface area contributed by atoms with Crippen molar-refractivity contribution in [3.8, 4) is 0 Å². The third kappa shape index (κ3) is 3.18. The summed E-state index contributed by atoms with van der Waals surface area (Å²) in [5.74, 6) is -1.64. The SMILES string of the molecule is CC[C@H]1C[C@@]2(C)[C@@H](C[C@H]3O[C@H](c4cccs4)O[C@]32C(=O)SC)[C@@H]2C[C@H](F)C3=CC(=O)C=C[C@]3(C)[C@@]12F.O. The monoisotopic (exact) mass is 552 g/mol. The zero-order chi connectivity index (χ0) is 25.7. The summed E-state index contributed by atoms with van der Waals surface area (Å²) in [6.45, 7) is 5.77. The molecule has 2 N–H and O–H groups in total. The molecule has 0 unspecified atom stereocenters. The van der Waals surface area contributed by atoms with Crippen molar-refractivity contribution in [2.45, 2.75) is 76.3 Å². The molecule has 5 nitrogen and oxygen atoms in total. The van der Waals surface area contributed by atoms with Crippen molar-refractivity contribution in [3.63, 3.8) is 0 Å². The molecule has 3 saturated carbocycles. The lowest BCUT2D eigenvalue weighted by Crippen LogP contribution is -2.68. The van der Waals surface area contributed by atoms with E-state index in [2.05, 4.69) is 6.92 Å². The predicted molar refractivity (Wildman–Crippen MR) is 140 cm³/mol. The van der Waals surface area contributed by atoms with Crippen molar-refractivity contribution < 1.29 is 33.3 Å². The Hall–Kier alpha value is -1.39. The van der Waals surface area contributed by atoms with E-state index in [1.807, 2.05) is 24.4 Å². The van der Waals surface area contributed by atoms with Gasteiger partial charge in [-0.2, -0.15) is 0 Å². The minimum atomic E-state index is -1.74. The number of ketones is 1. The van der Waals surface area contributed by atoms with E-state index < -0.39 is 52.5 Å². The van der Waals surface area contributed by atoms with Gasteiger partial charge in [-0.15, -0.1) is 11.3 Å². The van der Waals surface area contributed by atoms with Crippen LogP contribution in [0.1, 0.15) is 57.6 Å². The summed E-state index contributed by atoms with van der Waals surface area (Å²) < 4.78 is 46.7. The number of thioether (sulfide) groups is 1. The van der Waals surface area contributed by atoms with Gasteiger partial charge in [-0.25, -0.2) is 8.78 Å². The topological polar surface area (TPSA) is 84.1 Å².